The van der Waals surface area contributed by atoms with Gasteiger partial charge in [-0.3, -0.25) is 14.2 Å². The average Bonchev–Trinajstić information content (AvgIpc) is 3.20. The fourth-order valence-electron chi connectivity index (χ4n) is 4.16. The maximum Gasteiger partial charge on any atom is 0.338 e. The molecule has 3 aromatic rings. The predicted octanol–water partition coefficient (Wildman–Crippen LogP) is 3.38. The molecule has 0 fully saturated rings. The SMILES string of the molecule is COc1ccc(/C=c2/sc3n(c2=O)[C@@H](c2ccc(OC(C)=O)c(OC)c2)C(C(=O)OCC(C)C)=C(C)N=3)cc1. The molecule has 4 rings (SSSR count). The van der Waals surface area contributed by atoms with Gasteiger partial charge in [0.1, 0.15) is 5.75 Å². The van der Waals surface area contributed by atoms with Gasteiger partial charge < -0.3 is 18.9 Å². The molecular formula is C29H30N2O7S. The molecule has 0 unspecified atom stereocenters. The van der Waals surface area contributed by atoms with Gasteiger partial charge in [-0.2, -0.15) is 0 Å². The van der Waals surface area contributed by atoms with Crippen LogP contribution in [0.5, 0.6) is 17.2 Å². The first kappa shape index (κ1) is 27.8. The van der Waals surface area contributed by atoms with E-state index in [9.17, 15) is 14.4 Å². The van der Waals surface area contributed by atoms with E-state index < -0.39 is 18.0 Å². The number of carbonyl (C=O) groups is 2. The van der Waals surface area contributed by atoms with Gasteiger partial charge in [-0.1, -0.05) is 43.4 Å². The Balaban J connectivity index is 1.90. The van der Waals surface area contributed by atoms with Crippen LogP contribution in [0.15, 0.2) is 63.5 Å². The van der Waals surface area contributed by atoms with Crippen LogP contribution >= 0.6 is 11.3 Å². The van der Waals surface area contributed by atoms with Crippen LogP contribution < -0.4 is 29.1 Å². The number of allylic oxidation sites excluding steroid dienone is 1. The van der Waals surface area contributed by atoms with Gasteiger partial charge in [0.25, 0.3) is 5.56 Å². The fraction of sp³-hybridized carbons (Fsp3) is 0.310. The van der Waals surface area contributed by atoms with Crippen molar-refractivity contribution >= 4 is 29.4 Å². The van der Waals surface area contributed by atoms with Gasteiger partial charge in [0.05, 0.1) is 42.7 Å². The monoisotopic (exact) mass is 550 g/mol. The molecule has 39 heavy (non-hydrogen) atoms. The van der Waals surface area contributed by atoms with E-state index in [-0.39, 0.29) is 35.2 Å². The van der Waals surface area contributed by atoms with E-state index in [4.69, 9.17) is 18.9 Å². The van der Waals surface area contributed by atoms with E-state index in [1.165, 1.54) is 29.9 Å². The zero-order valence-electron chi connectivity index (χ0n) is 22.6. The Morgan fingerprint density at radius 1 is 1.08 bits per heavy atom. The summed E-state index contributed by atoms with van der Waals surface area (Å²) in [7, 11) is 3.04. The van der Waals surface area contributed by atoms with E-state index >= 15 is 0 Å². The maximum absolute atomic E-state index is 13.8. The molecule has 2 heterocycles. The highest BCUT2D eigenvalue weighted by molar-refractivity contribution is 7.07. The third-order valence-electron chi connectivity index (χ3n) is 5.96. The largest absolute Gasteiger partial charge is 0.497 e. The van der Waals surface area contributed by atoms with Crippen molar-refractivity contribution in [3.63, 3.8) is 0 Å². The van der Waals surface area contributed by atoms with Gasteiger partial charge in [0.15, 0.2) is 16.3 Å². The van der Waals surface area contributed by atoms with Gasteiger partial charge in [-0.15, -0.1) is 0 Å². The summed E-state index contributed by atoms with van der Waals surface area (Å²) in [4.78, 5) is 43.8. The van der Waals surface area contributed by atoms with Gasteiger partial charge >= 0.3 is 11.9 Å². The second-order valence-electron chi connectivity index (χ2n) is 9.35. The van der Waals surface area contributed by atoms with Crippen molar-refractivity contribution in [2.24, 2.45) is 10.9 Å². The molecule has 204 valence electrons. The normalized spacial score (nSPS) is 15.1. The number of aromatic nitrogens is 1. The first-order chi connectivity index (χ1) is 18.6. The third-order valence-corrected chi connectivity index (χ3v) is 6.94. The second kappa shape index (κ2) is 11.7. The van der Waals surface area contributed by atoms with E-state index in [2.05, 4.69) is 4.99 Å². The van der Waals surface area contributed by atoms with Crippen molar-refractivity contribution in [3.8, 4) is 17.2 Å². The topological polar surface area (TPSA) is 105 Å². The lowest BCUT2D eigenvalue weighted by molar-refractivity contribution is -0.140. The number of thiazole rings is 1. The predicted molar refractivity (Wildman–Crippen MR) is 147 cm³/mol. The van der Waals surface area contributed by atoms with Crippen LogP contribution in [0.2, 0.25) is 0 Å². The number of benzene rings is 2. The molecule has 0 bridgehead atoms. The Labute approximate surface area is 229 Å². The van der Waals surface area contributed by atoms with Gasteiger partial charge in [-0.25, -0.2) is 9.79 Å². The summed E-state index contributed by atoms with van der Waals surface area (Å²) in [5, 5.41) is 0. The van der Waals surface area contributed by atoms with Crippen molar-refractivity contribution in [3.05, 3.63) is 84.5 Å². The lowest BCUT2D eigenvalue weighted by atomic mass is 9.95. The molecule has 1 aliphatic heterocycles. The Morgan fingerprint density at radius 3 is 2.41 bits per heavy atom. The lowest BCUT2D eigenvalue weighted by Crippen LogP contribution is -2.40. The highest BCUT2D eigenvalue weighted by atomic mass is 32.1. The molecular weight excluding hydrogens is 520 g/mol. The van der Waals surface area contributed by atoms with Crippen LogP contribution in [-0.4, -0.2) is 37.3 Å². The zero-order chi connectivity index (χ0) is 28.3. The summed E-state index contributed by atoms with van der Waals surface area (Å²) in [5.41, 5.74) is 1.79. The van der Waals surface area contributed by atoms with Crippen LogP contribution in [-0.2, 0) is 14.3 Å². The number of nitrogens with zero attached hydrogens (tertiary/aromatic N) is 2. The van der Waals surface area contributed by atoms with Crippen molar-refractivity contribution < 1.29 is 28.5 Å². The number of hydrogen-bond donors (Lipinski definition) is 0. The molecule has 0 saturated heterocycles. The molecule has 0 aliphatic carbocycles. The van der Waals surface area contributed by atoms with Crippen LogP contribution in [0.25, 0.3) is 6.08 Å². The Kier molecular flexibility index (Phi) is 8.35. The number of fused-ring (bicyclic) bond motifs is 1. The highest BCUT2D eigenvalue weighted by Crippen LogP contribution is 2.36. The summed E-state index contributed by atoms with van der Waals surface area (Å²) in [5.74, 6) is 0.295. The number of hydrogen-bond acceptors (Lipinski definition) is 9. The van der Waals surface area contributed by atoms with Crippen LogP contribution in [0, 0.1) is 5.92 Å². The standard InChI is InChI=1S/C29H30N2O7S/c1-16(2)15-37-28(34)25-17(3)30-29-31(26(25)20-9-12-22(38-18(4)32)23(14-20)36-6)27(33)24(39-29)13-19-7-10-21(35-5)11-8-19/h7-14,16,26H,15H2,1-6H3/b24-13+/t26-/m0/s1. The first-order valence-corrected chi connectivity index (χ1v) is 13.1. The fourth-order valence-corrected chi connectivity index (χ4v) is 5.21. The molecule has 0 radical (unpaired) electrons. The molecule has 9 nitrogen and oxygen atoms in total. The van der Waals surface area contributed by atoms with Gasteiger partial charge in [0, 0.05) is 6.92 Å². The van der Waals surface area contributed by atoms with Crippen molar-refractivity contribution in [2.45, 2.75) is 33.7 Å². The Hall–Kier alpha value is -4.18. The maximum atomic E-state index is 13.8. The lowest BCUT2D eigenvalue weighted by Gasteiger charge is -2.25. The minimum atomic E-state index is -0.834. The molecule has 0 spiro atoms. The number of methoxy groups -OCH3 is 2. The molecule has 0 N–H and O–H groups in total. The zero-order valence-corrected chi connectivity index (χ0v) is 23.5. The minimum Gasteiger partial charge on any atom is -0.497 e. The molecule has 1 aromatic heterocycles. The van der Waals surface area contributed by atoms with Crippen molar-refractivity contribution in [1.82, 2.24) is 4.57 Å². The van der Waals surface area contributed by atoms with Crippen LogP contribution in [0.4, 0.5) is 0 Å². The number of esters is 2. The Bertz CT molecular complexity index is 1610. The summed E-state index contributed by atoms with van der Waals surface area (Å²) in [6, 6.07) is 11.4. The average molecular weight is 551 g/mol. The van der Waals surface area contributed by atoms with Crippen molar-refractivity contribution in [1.29, 1.82) is 0 Å². The van der Waals surface area contributed by atoms with E-state index in [0.29, 0.717) is 26.3 Å². The van der Waals surface area contributed by atoms with Crippen molar-refractivity contribution in [2.75, 3.05) is 20.8 Å². The summed E-state index contributed by atoms with van der Waals surface area (Å²) < 4.78 is 23.5. The molecule has 10 heteroatoms. The number of ether oxygens (including phenoxy) is 4. The number of rotatable bonds is 8. The van der Waals surface area contributed by atoms with Crippen LogP contribution in [0.3, 0.4) is 0 Å². The second-order valence-corrected chi connectivity index (χ2v) is 10.4. The summed E-state index contributed by atoms with van der Waals surface area (Å²) >= 11 is 1.23. The van der Waals surface area contributed by atoms with E-state index in [1.54, 1.807) is 38.3 Å². The molecule has 0 saturated carbocycles. The molecule has 1 aliphatic rings. The highest BCUT2D eigenvalue weighted by Gasteiger charge is 2.34. The van der Waals surface area contributed by atoms with E-state index in [1.807, 2.05) is 38.1 Å². The van der Waals surface area contributed by atoms with Gasteiger partial charge in [-0.05, 0) is 54.3 Å². The third kappa shape index (κ3) is 5.96. The number of carbonyl (C=O) groups excluding carboxylic acids is 2. The molecule has 2 aromatic carbocycles. The minimum absolute atomic E-state index is 0.127. The summed E-state index contributed by atoms with van der Waals surface area (Å²) in [6.07, 6.45) is 1.78. The first-order valence-electron chi connectivity index (χ1n) is 12.3. The Morgan fingerprint density at radius 2 is 1.79 bits per heavy atom. The molecule has 0 amide bonds. The smallest absolute Gasteiger partial charge is 0.338 e. The summed E-state index contributed by atoms with van der Waals surface area (Å²) in [6.45, 7) is 7.13. The molecule has 1 atom stereocenters. The quantitative estimate of drug-likeness (QED) is 0.313. The van der Waals surface area contributed by atoms with E-state index in [0.717, 1.165) is 5.56 Å². The van der Waals surface area contributed by atoms with Crippen LogP contribution in [0.1, 0.15) is 44.9 Å². The van der Waals surface area contributed by atoms with Gasteiger partial charge in [0.2, 0.25) is 0 Å².